The smallest absolute Gasteiger partial charge is 0.240 e. The zero-order valence-electron chi connectivity index (χ0n) is 13.0. The number of carbonyl (C=O) groups is 1. The van der Waals surface area contributed by atoms with Crippen molar-refractivity contribution in [3.8, 4) is 6.19 Å². The van der Waals surface area contributed by atoms with Crippen molar-refractivity contribution in [3.05, 3.63) is 33.8 Å². The summed E-state index contributed by atoms with van der Waals surface area (Å²) in [5, 5.41) is 15.9. The van der Waals surface area contributed by atoms with Gasteiger partial charge in [-0.1, -0.05) is 29.3 Å². The molecule has 2 saturated heterocycles. The number of carbonyl (C=O) groups excluding carboxylic acids is 1. The van der Waals surface area contributed by atoms with Crippen LogP contribution in [0.25, 0.3) is 0 Å². The molecule has 1 aromatic carbocycles. The van der Waals surface area contributed by atoms with E-state index in [9.17, 15) is 4.79 Å². The average Bonchev–Trinajstić information content (AvgIpc) is 3.22. The highest BCUT2D eigenvalue weighted by Gasteiger charge is 2.36. The topological polar surface area (TPSA) is 68.2 Å². The average molecular weight is 385 g/mol. The van der Waals surface area contributed by atoms with Crippen LogP contribution >= 0.6 is 35.0 Å². The molecule has 1 amide bonds. The highest BCUT2D eigenvalue weighted by atomic mass is 35.5. The Kier molecular flexibility index (Phi) is 5.77. The van der Waals surface area contributed by atoms with E-state index in [1.54, 1.807) is 17.8 Å². The Morgan fingerprint density at radius 2 is 2.33 bits per heavy atom. The summed E-state index contributed by atoms with van der Waals surface area (Å²) in [5.74, 6) is 1.21. The first-order chi connectivity index (χ1) is 11.6. The summed E-state index contributed by atoms with van der Waals surface area (Å²) < 4.78 is 0. The van der Waals surface area contributed by atoms with Crippen LogP contribution in [0.5, 0.6) is 0 Å². The second-order valence-electron chi connectivity index (χ2n) is 6.03. The Morgan fingerprint density at radius 3 is 3.08 bits per heavy atom. The predicted molar refractivity (Wildman–Crippen MR) is 96.9 cm³/mol. The fourth-order valence-electron chi connectivity index (χ4n) is 3.12. The first kappa shape index (κ1) is 17.7. The number of hydrogen-bond donors (Lipinski definition) is 2. The minimum atomic E-state index is -0.200. The zero-order chi connectivity index (χ0) is 17.1. The molecule has 0 radical (unpaired) electrons. The van der Waals surface area contributed by atoms with Crippen molar-refractivity contribution in [2.45, 2.75) is 17.8 Å². The van der Waals surface area contributed by atoms with Crippen molar-refractivity contribution < 1.29 is 4.79 Å². The number of nitriles is 1. The van der Waals surface area contributed by atoms with Gasteiger partial charge in [-0.2, -0.15) is 5.26 Å². The number of benzene rings is 1. The largest absolute Gasteiger partial charge is 0.341 e. The summed E-state index contributed by atoms with van der Waals surface area (Å²) in [6.45, 7) is 2.10. The van der Waals surface area contributed by atoms with Crippen LogP contribution in [0.4, 0.5) is 0 Å². The van der Waals surface area contributed by atoms with Gasteiger partial charge in [-0.05, 0) is 30.0 Å². The fraction of sp³-hybridized carbons (Fsp3) is 0.500. The molecular weight excluding hydrogens is 367 g/mol. The Labute approximate surface area is 155 Å². The minimum Gasteiger partial charge on any atom is -0.341 e. The first-order valence-electron chi connectivity index (χ1n) is 7.82. The second kappa shape index (κ2) is 7.83. The molecule has 2 heterocycles. The monoisotopic (exact) mass is 384 g/mol. The molecule has 2 aliphatic heterocycles. The van der Waals surface area contributed by atoms with Crippen LogP contribution in [0.3, 0.4) is 0 Å². The third-order valence-electron chi connectivity index (χ3n) is 4.39. The maximum absolute atomic E-state index is 12.7. The molecule has 0 spiro atoms. The predicted octanol–water partition coefficient (Wildman–Crippen LogP) is 2.62. The minimum absolute atomic E-state index is 0.00220. The number of amides is 1. The summed E-state index contributed by atoms with van der Waals surface area (Å²) in [4.78, 5) is 14.6. The van der Waals surface area contributed by atoms with E-state index in [0.29, 0.717) is 29.1 Å². The molecule has 2 unspecified atom stereocenters. The molecule has 3 rings (SSSR count). The molecular formula is C16H18Cl2N4OS. The summed E-state index contributed by atoms with van der Waals surface area (Å²) in [6, 6.07) is 5.24. The number of nitrogens with zero attached hydrogens (tertiary/aromatic N) is 2. The van der Waals surface area contributed by atoms with E-state index in [2.05, 4.69) is 10.6 Å². The molecule has 0 aliphatic carbocycles. The van der Waals surface area contributed by atoms with Crippen LogP contribution in [0, 0.1) is 17.4 Å². The third kappa shape index (κ3) is 3.92. The lowest BCUT2D eigenvalue weighted by molar-refractivity contribution is -0.131. The van der Waals surface area contributed by atoms with E-state index < -0.39 is 0 Å². The van der Waals surface area contributed by atoms with E-state index in [0.717, 1.165) is 24.3 Å². The van der Waals surface area contributed by atoms with Gasteiger partial charge in [0.2, 0.25) is 5.91 Å². The number of halogens is 2. The first-order valence-corrected chi connectivity index (χ1v) is 9.62. The van der Waals surface area contributed by atoms with Crippen molar-refractivity contribution in [3.63, 3.8) is 0 Å². The van der Waals surface area contributed by atoms with Crippen LogP contribution in [-0.2, 0) is 4.79 Å². The van der Waals surface area contributed by atoms with Gasteiger partial charge in [0.05, 0.1) is 11.4 Å². The summed E-state index contributed by atoms with van der Waals surface area (Å²) in [6.07, 6.45) is 2.87. The van der Waals surface area contributed by atoms with Gasteiger partial charge in [0, 0.05) is 35.4 Å². The van der Waals surface area contributed by atoms with Gasteiger partial charge in [0.25, 0.3) is 0 Å². The SMILES string of the molecule is N#CNC[C@H]1CCN(C(=O)C2CSC(c3ccc(Cl)cc3Cl)N2)C1. The number of nitrogens with one attached hydrogen (secondary N) is 2. The normalized spacial score (nSPS) is 26.4. The lowest BCUT2D eigenvalue weighted by atomic mass is 10.1. The number of thioether (sulfide) groups is 1. The summed E-state index contributed by atoms with van der Waals surface area (Å²) in [7, 11) is 0. The fourth-order valence-corrected chi connectivity index (χ4v) is 4.97. The lowest BCUT2D eigenvalue weighted by Gasteiger charge is -2.21. The Morgan fingerprint density at radius 1 is 1.50 bits per heavy atom. The van der Waals surface area contributed by atoms with E-state index in [4.69, 9.17) is 28.5 Å². The van der Waals surface area contributed by atoms with Gasteiger partial charge in [-0.25, -0.2) is 0 Å². The van der Waals surface area contributed by atoms with E-state index in [1.807, 2.05) is 23.2 Å². The third-order valence-corrected chi connectivity index (χ3v) is 6.20. The molecule has 8 heteroatoms. The number of likely N-dealkylation sites (tertiary alicyclic amines) is 1. The van der Waals surface area contributed by atoms with Gasteiger partial charge in [-0.3, -0.25) is 10.1 Å². The van der Waals surface area contributed by atoms with Gasteiger partial charge in [0.1, 0.15) is 0 Å². The van der Waals surface area contributed by atoms with Crippen molar-refractivity contribution in [2.24, 2.45) is 5.92 Å². The zero-order valence-corrected chi connectivity index (χ0v) is 15.3. The molecule has 0 bridgehead atoms. The molecule has 2 fully saturated rings. The van der Waals surface area contributed by atoms with Crippen LogP contribution in [0.2, 0.25) is 10.0 Å². The van der Waals surface area contributed by atoms with Crippen LogP contribution < -0.4 is 10.6 Å². The number of rotatable bonds is 4. The van der Waals surface area contributed by atoms with Gasteiger partial charge in [-0.15, -0.1) is 11.8 Å². The highest BCUT2D eigenvalue weighted by molar-refractivity contribution is 7.99. The maximum atomic E-state index is 12.7. The number of hydrogen-bond acceptors (Lipinski definition) is 5. The molecule has 24 heavy (non-hydrogen) atoms. The molecule has 0 saturated carbocycles. The molecule has 1 aromatic rings. The van der Waals surface area contributed by atoms with Gasteiger partial charge >= 0.3 is 0 Å². The van der Waals surface area contributed by atoms with Crippen molar-refractivity contribution in [2.75, 3.05) is 25.4 Å². The van der Waals surface area contributed by atoms with E-state index in [1.165, 1.54) is 0 Å². The van der Waals surface area contributed by atoms with E-state index >= 15 is 0 Å². The Bertz CT molecular complexity index is 666. The summed E-state index contributed by atoms with van der Waals surface area (Å²) >= 11 is 13.9. The standard InChI is InChI=1S/C16H18Cl2N4OS/c17-11-1-2-12(13(18)5-11)15-21-14(8-24-15)16(23)22-4-3-10(7-22)6-20-9-19/h1-2,5,10,14-15,20-21H,3-4,6-8H2/t10-,14?,15?/m1/s1. The van der Waals surface area contributed by atoms with Crippen LogP contribution in [0.15, 0.2) is 18.2 Å². The Balaban J connectivity index is 1.57. The molecule has 2 N–H and O–H groups in total. The van der Waals surface area contributed by atoms with Crippen LogP contribution in [0.1, 0.15) is 17.4 Å². The van der Waals surface area contributed by atoms with Crippen molar-refractivity contribution in [1.82, 2.24) is 15.5 Å². The van der Waals surface area contributed by atoms with Gasteiger partial charge < -0.3 is 10.2 Å². The van der Waals surface area contributed by atoms with Crippen LogP contribution in [-0.4, -0.2) is 42.2 Å². The molecule has 3 atom stereocenters. The Hall–Kier alpha value is -1.13. The quantitative estimate of drug-likeness (QED) is 0.616. The molecule has 5 nitrogen and oxygen atoms in total. The van der Waals surface area contributed by atoms with Gasteiger partial charge in [0.15, 0.2) is 6.19 Å². The second-order valence-corrected chi connectivity index (χ2v) is 8.01. The molecule has 2 aliphatic rings. The lowest BCUT2D eigenvalue weighted by Crippen LogP contribution is -2.44. The highest BCUT2D eigenvalue weighted by Crippen LogP contribution is 2.38. The maximum Gasteiger partial charge on any atom is 0.240 e. The van der Waals surface area contributed by atoms with Crippen molar-refractivity contribution in [1.29, 1.82) is 5.26 Å². The molecule has 128 valence electrons. The van der Waals surface area contributed by atoms with Crippen molar-refractivity contribution >= 4 is 40.9 Å². The molecule has 0 aromatic heterocycles. The summed E-state index contributed by atoms with van der Waals surface area (Å²) in [5.41, 5.74) is 0.957. The van der Waals surface area contributed by atoms with E-state index in [-0.39, 0.29) is 17.3 Å².